The van der Waals surface area contributed by atoms with E-state index in [2.05, 4.69) is 17.1 Å². The number of aromatic amines is 1. The van der Waals surface area contributed by atoms with Crippen LogP contribution in [0.2, 0.25) is 0 Å². The van der Waals surface area contributed by atoms with Crippen LogP contribution in [0.25, 0.3) is 0 Å². The molecule has 0 amide bonds. The minimum absolute atomic E-state index is 0.0986. The Morgan fingerprint density at radius 1 is 1.29 bits per heavy atom. The van der Waals surface area contributed by atoms with Gasteiger partial charge < -0.3 is 9.72 Å². The van der Waals surface area contributed by atoms with Crippen LogP contribution in [0.4, 0.5) is 0 Å². The maximum atomic E-state index is 12.6. The lowest BCUT2D eigenvalue weighted by Crippen LogP contribution is -2.18. The molecule has 126 valence electrons. The molecule has 1 aromatic heterocycles. The first-order valence-electron chi connectivity index (χ1n) is 8.51. The molecular weight excluding hydrogens is 302 g/mol. The number of benzene rings is 1. The largest absolute Gasteiger partial charge is 0.458 e. The summed E-state index contributed by atoms with van der Waals surface area (Å²) in [6.07, 6.45) is 1.85. The van der Waals surface area contributed by atoms with Crippen LogP contribution in [0.3, 0.4) is 0 Å². The zero-order valence-corrected chi connectivity index (χ0v) is 14.4. The molecule has 0 bridgehead atoms. The van der Waals surface area contributed by atoms with Crippen molar-refractivity contribution in [1.29, 1.82) is 0 Å². The Labute approximate surface area is 142 Å². The number of fused-ring (bicyclic) bond motifs is 1. The van der Waals surface area contributed by atoms with Crippen LogP contribution in [-0.2, 0) is 11.2 Å². The van der Waals surface area contributed by atoms with Crippen LogP contribution in [0.1, 0.15) is 70.3 Å². The van der Waals surface area contributed by atoms with Crippen LogP contribution in [0, 0.1) is 6.92 Å². The SMILES string of the molecule is CCC(C)OC(=O)c1[nH]c2c(c1C)C(=O)CC(c1ccccc1)C2. The topological polar surface area (TPSA) is 59.2 Å². The first-order valence-corrected chi connectivity index (χ1v) is 8.51. The van der Waals surface area contributed by atoms with Gasteiger partial charge in [0.2, 0.25) is 0 Å². The van der Waals surface area contributed by atoms with E-state index in [0.717, 1.165) is 29.7 Å². The third-order valence-corrected chi connectivity index (χ3v) is 4.85. The number of ketones is 1. The van der Waals surface area contributed by atoms with Crippen molar-refractivity contribution in [1.82, 2.24) is 4.98 Å². The van der Waals surface area contributed by atoms with Crippen molar-refractivity contribution in [3.63, 3.8) is 0 Å². The molecule has 0 saturated heterocycles. The summed E-state index contributed by atoms with van der Waals surface area (Å²) < 4.78 is 5.41. The van der Waals surface area contributed by atoms with E-state index in [1.165, 1.54) is 0 Å². The number of nitrogens with one attached hydrogen (secondary N) is 1. The van der Waals surface area contributed by atoms with E-state index in [1.54, 1.807) is 0 Å². The molecule has 0 saturated carbocycles. The lowest BCUT2D eigenvalue weighted by molar-refractivity contribution is 0.0327. The van der Waals surface area contributed by atoms with Crippen LogP contribution in [-0.4, -0.2) is 22.8 Å². The smallest absolute Gasteiger partial charge is 0.355 e. The molecule has 3 rings (SSSR count). The molecule has 2 atom stereocenters. The maximum absolute atomic E-state index is 12.6. The van der Waals surface area contributed by atoms with E-state index in [-0.39, 0.29) is 23.8 Å². The highest BCUT2D eigenvalue weighted by Gasteiger charge is 2.32. The second-order valence-corrected chi connectivity index (χ2v) is 6.54. The number of hydrogen-bond acceptors (Lipinski definition) is 3. The summed E-state index contributed by atoms with van der Waals surface area (Å²) in [4.78, 5) is 28.1. The van der Waals surface area contributed by atoms with Gasteiger partial charge in [-0.25, -0.2) is 4.79 Å². The standard InChI is InChI=1S/C20H23NO3/c1-4-12(2)24-20(23)19-13(3)18-16(21-19)10-15(11-17(18)22)14-8-6-5-7-9-14/h5-9,12,15,21H,4,10-11H2,1-3H3. The second-order valence-electron chi connectivity index (χ2n) is 6.54. The number of carbonyl (C=O) groups is 2. The molecule has 1 aliphatic carbocycles. The van der Waals surface area contributed by atoms with Crippen molar-refractivity contribution in [3.8, 4) is 0 Å². The van der Waals surface area contributed by atoms with Crippen LogP contribution in [0.15, 0.2) is 30.3 Å². The molecule has 0 spiro atoms. The van der Waals surface area contributed by atoms with E-state index in [9.17, 15) is 9.59 Å². The number of carbonyl (C=O) groups excluding carboxylic acids is 2. The fourth-order valence-corrected chi connectivity index (χ4v) is 3.32. The van der Waals surface area contributed by atoms with Crippen LogP contribution >= 0.6 is 0 Å². The summed E-state index contributed by atoms with van der Waals surface area (Å²) in [6.45, 7) is 5.66. The molecule has 1 aromatic carbocycles. The summed E-state index contributed by atoms with van der Waals surface area (Å²) in [5.74, 6) is -0.121. The molecule has 2 aromatic rings. The van der Waals surface area contributed by atoms with Crippen LogP contribution in [0.5, 0.6) is 0 Å². The minimum atomic E-state index is -0.375. The lowest BCUT2D eigenvalue weighted by atomic mass is 9.81. The van der Waals surface area contributed by atoms with Gasteiger partial charge in [0.05, 0.1) is 6.10 Å². The Bertz CT molecular complexity index is 761. The zero-order chi connectivity index (χ0) is 17.3. The second kappa shape index (κ2) is 6.63. The predicted molar refractivity (Wildman–Crippen MR) is 92.5 cm³/mol. The Kier molecular flexibility index (Phi) is 4.56. The van der Waals surface area contributed by atoms with Crippen molar-refractivity contribution in [2.24, 2.45) is 0 Å². The summed E-state index contributed by atoms with van der Waals surface area (Å²) in [6, 6.07) is 10.1. The maximum Gasteiger partial charge on any atom is 0.355 e. The van der Waals surface area contributed by atoms with Crippen molar-refractivity contribution in [3.05, 3.63) is 58.4 Å². The number of hydrogen-bond donors (Lipinski definition) is 1. The van der Waals surface area contributed by atoms with Gasteiger partial charge in [-0.05, 0) is 43.7 Å². The Hall–Kier alpha value is -2.36. The molecule has 4 heteroatoms. The number of aromatic nitrogens is 1. The number of Topliss-reactive ketones (excluding diaryl/α,β-unsaturated/α-hetero) is 1. The minimum Gasteiger partial charge on any atom is -0.458 e. The third kappa shape index (κ3) is 3.01. The molecule has 24 heavy (non-hydrogen) atoms. The van der Waals surface area contributed by atoms with E-state index in [0.29, 0.717) is 17.7 Å². The number of ether oxygens (including phenoxy) is 1. The highest BCUT2D eigenvalue weighted by molar-refractivity contribution is 6.03. The molecule has 0 radical (unpaired) electrons. The zero-order valence-electron chi connectivity index (χ0n) is 14.4. The van der Waals surface area contributed by atoms with Crippen molar-refractivity contribution in [2.45, 2.75) is 52.1 Å². The van der Waals surface area contributed by atoms with E-state index in [4.69, 9.17) is 4.74 Å². The molecule has 1 N–H and O–H groups in total. The van der Waals surface area contributed by atoms with Gasteiger partial charge in [0.1, 0.15) is 5.69 Å². The van der Waals surface area contributed by atoms with E-state index < -0.39 is 0 Å². The van der Waals surface area contributed by atoms with Crippen molar-refractivity contribution >= 4 is 11.8 Å². The lowest BCUT2D eigenvalue weighted by Gasteiger charge is -2.22. The van der Waals surface area contributed by atoms with E-state index >= 15 is 0 Å². The predicted octanol–water partition coefficient (Wildman–Crippen LogP) is 4.19. The highest BCUT2D eigenvalue weighted by Crippen LogP contribution is 2.35. The van der Waals surface area contributed by atoms with Gasteiger partial charge in [0.25, 0.3) is 0 Å². The summed E-state index contributed by atoms with van der Waals surface area (Å²) in [7, 11) is 0. The van der Waals surface area contributed by atoms with Crippen molar-refractivity contribution < 1.29 is 14.3 Å². The molecule has 1 aliphatic rings. The molecule has 1 heterocycles. The highest BCUT2D eigenvalue weighted by atomic mass is 16.5. The van der Waals surface area contributed by atoms with Gasteiger partial charge in [-0.1, -0.05) is 37.3 Å². The number of H-pyrrole nitrogens is 1. The fourth-order valence-electron chi connectivity index (χ4n) is 3.32. The third-order valence-electron chi connectivity index (χ3n) is 4.85. The monoisotopic (exact) mass is 325 g/mol. The summed E-state index contributed by atoms with van der Waals surface area (Å²) >= 11 is 0. The molecule has 2 unspecified atom stereocenters. The van der Waals surface area contributed by atoms with Crippen molar-refractivity contribution in [2.75, 3.05) is 0 Å². The molecule has 4 nitrogen and oxygen atoms in total. The first kappa shape index (κ1) is 16.5. The molecule has 0 aliphatic heterocycles. The van der Waals surface area contributed by atoms with Gasteiger partial charge in [-0.2, -0.15) is 0 Å². The van der Waals surface area contributed by atoms with Gasteiger partial charge in [0.15, 0.2) is 5.78 Å². The quantitative estimate of drug-likeness (QED) is 0.857. The Morgan fingerprint density at radius 3 is 2.67 bits per heavy atom. The molecular formula is C20H23NO3. The normalized spacial score (nSPS) is 18.1. The van der Waals surface area contributed by atoms with E-state index in [1.807, 2.05) is 39.0 Å². The number of esters is 1. The Balaban J connectivity index is 1.90. The van der Waals surface area contributed by atoms with Gasteiger partial charge in [-0.15, -0.1) is 0 Å². The van der Waals surface area contributed by atoms with Crippen LogP contribution < -0.4 is 0 Å². The average molecular weight is 325 g/mol. The first-order chi connectivity index (χ1) is 11.5. The average Bonchev–Trinajstić information content (AvgIpc) is 2.93. The Morgan fingerprint density at radius 2 is 2.00 bits per heavy atom. The summed E-state index contributed by atoms with van der Waals surface area (Å²) in [5.41, 5.74) is 3.83. The summed E-state index contributed by atoms with van der Waals surface area (Å²) in [5, 5.41) is 0. The van der Waals surface area contributed by atoms with Gasteiger partial charge >= 0.3 is 5.97 Å². The van der Waals surface area contributed by atoms with Gasteiger partial charge in [-0.3, -0.25) is 4.79 Å². The molecule has 0 fully saturated rings. The number of rotatable bonds is 4. The van der Waals surface area contributed by atoms with Gasteiger partial charge in [0, 0.05) is 17.7 Å². The fraction of sp³-hybridized carbons (Fsp3) is 0.400.